The average molecular weight is 837 g/mol. The molecule has 0 fully saturated rings. The molecule has 0 N–H and O–H groups in total. The van der Waals surface area contributed by atoms with Crippen molar-refractivity contribution in [1.82, 2.24) is 19.5 Å². The molecule has 0 atom stereocenters. The molecule has 2 aromatic heterocycles. The Kier molecular flexibility index (Phi) is 9.95. The van der Waals surface area contributed by atoms with E-state index in [2.05, 4.69) is 213 Å². The Bertz CT molecular complexity index is 3210. The first kappa shape index (κ1) is 38.9. The molecule has 0 radical (unpaired) electrons. The molecule has 0 spiro atoms. The van der Waals surface area contributed by atoms with Crippen LogP contribution in [0.2, 0.25) is 0 Å². The van der Waals surface area contributed by atoms with Crippen LogP contribution in [0.25, 0.3) is 72.8 Å². The largest absolute Gasteiger partial charge is 0.309 e. The molecule has 304 valence electrons. The second kappa shape index (κ2) is 16.4. The van der Waals surface area contributed by atoms with Crippen molar-refractivity contribution in [3.05, 3.63) is 242 Å². The van der Waals surface area contributed by atoms with Crippen LogP contribution in [0, 0.1) is 13.8 Å². The average Bonchev–Trinajstić information content (AvgIpc) is 3.67. The molecule has 11 rings (SSSR count). The molecule has 9 aromatic carbocycles. The van der Waals surface area contributed by atoms with Crippen LogP contribution < -0.4 is 20.7 Å². The van der Waals surface area contributed by atoms with Crippen LogP contribution >= 0.6 is 0 Å². The van der Waals surface area contributed by atoms with Gasteiger partial charge in [-0.15, -0.1) is 0 Å². The third kappa shape index (κ3) is 6.83. The smallest absolute Gasteiger partial charge is 0.179 e. The topological polar surface area (TPSA) is 43.6 Å². The summed E-state index contributed by atoms with van der Waals surface area (Å²) >= 11 is 0. The van der Waals surface area contributed by atoms with Crippen LogP contribution in [0.1, 0.15) is 11.1 Å². The Morgan fingerprint density at radius 1 is 0.328 bits per heavy atom. The summed E-state index contributed by atoms with van der Waals surface area (Å²) in [4.78, 5) is 15.7. The highest BCUT2D eigenvalue weighted by molar-refractivity contribution is 7.19. The van der Waals surface area contributed by atoms with Crippen molar-refractivity contribution < 1.29 is 0 Å². The van der Waals surface area contributed by atoms with Gasteiger partial charge in [0.2, 0.25) is 0 Å². The monoisotopic (exact) mass is 836 g/mol. The maximum atomic E-state index is 5.31. The van der Waals surface area contributed by atoms with Crippen LogP contribution in [0.5, 0.6) is 0 Å². The third-order valence-electron chi connectivity index (χ3n) is 12.5. The second-order valence-corrected chi connectivity index (χ2v) is 20.4. The minimum Gasteiger partial charge on any atom is -0.309 e. The fourth-order valence-electron chi connectivity index (χ4n) is 9.51. The fourth-order valence-corrected chi connectivity index (χ4v) is 14.3. The summed E-state index contributed by atoms with van der Waals surface area (Å²) in [5.74, 6) is 1.87. The van der Waals surface area contributed by atoms with Gasteiger partial charge in [0.15, 0.2) is 25.5 Å². The molecule has 0 aliphatic carbocycles. The van der Waals surface area contributed by atoms with Gasteiger partial charge in [0.25, 0.3) is 0 Å². The third-order valence-corrected chi connectivity index (χ3v) is 17.3. The van der Waals surface area contributed by atoms with Gasteiger partial charge < -0.3 is 4.57 Å². The lowest BCUT2D eigenvalue weighted by molar-refractivity contribution is 1.06. The van der Waals surface area contributed by atoms with Crippen LogP contribution in [-0.4, -0.2) is 27.6 Å². The van der Waals surface area contributed by atoms with E-state index in [1.54, 1.807) is 0 Å². The minimum absolute atomic E-state index is 0.610. The van der Waals surface area contributed by atoms with E-state index in [-0.39, 0.29) is 0 Å². The lowest BCUT2D eigenvalue weighted by Gasteiger charge is -2.34. The number of aromatic nitrogens is 4. The van der Waals surface area contributed by atoms with Crippen molar-refractivity contribution >= 4 is 50.6 Å². The van der Waals surface area contributed by atoms with Crippen molar-refractivity contribution in [2.45, 2.75) is 13.8 Å². The predicted octanol–water partition coefficient (Wildman–Crippen LogP) is 11.6. The molecule has 0 saturated carbocycles. The lowest BCUT2D eigenvalue weighted by atomic mass is 10.0. The van der Waals surface area contributed by atoms with Gasteiger partial charge in [-0.25, -0.2) is 15.0 Å². The Hall–Kier alpha value is -7.99. The van der Waals surface area contributed by atoms with Gasteiger partial charge in [0, 0.05) is 27.5 Å². The van der Waals surface area contributed by atoms with E-state index >= 15 is 0 Å². The van der Waals surface area contributed by atoms with Gasteiger partial charge in [0.05, 0.1) is 16.7 Å². The predicted molar refractivity (Wildman–Crippen MR) is 269 cm³/mol. The molecule has 2 heterocycles. The first-order valence-electron chi connectivity index (χ1n) is 21.9. The Morgan fingerprint density at radius 3 is 1.17 bits per heavy atom. The molecule has 0 unspecified atom stereocenters. The molecular formula is C59H44N4Si. The molecular weight excluding hydrogens is 793 g/mol. The summed E-state index contributed by atoms with van der Waals surface area (Å²) in [7, 11) is -2.70. The van der Waals surface area contributed by atoms with Crippen LogP contribution in [0.3, 0.4) is 0 Å². The zero-order chi connectivity index (χ0) is 43.0. The van der Waals surface area contributed by atoms with E-state index in [9.17, 15) is 0 Å². The number of hydrogen-bond acceptors (Lipinski definition) is 3. The maximum Gasteiger partial charge on any atom is 0.179 e. The standard InChI is InChI=1S/C59H44N4Si/c1-41-28-35-54-51(38-41)52-39-42(2)29-36-55(52)63(54)56-37-32-46(40-53(56)59-61-57(44-18-8-3-9-19-44)60-58(62-59)45-20-10-4-11-21-45)43-30-33-50(34-31-43)64(47-22-12-5-13-23-47,48-24-14-6-15-25-48)49-26-16-7-17-27-49/h3-40H,1-2H3. The number of aryl methyl sites for hydroxylation is 2. The van der Waals surface area contributed by atoms with Crippen molar-refractivity contribution in [2.75, 3.05) is 0 Å². The molecule has 5 heteroatoms. The Morgan fingerprint density at radius 2 is 0.719 bits per heavy atom. The highest BCUT2D eigenvalue weighted by atomic mass is 28.3. The van der Waals surface area contributed by atoms with Crippen LogP contribution in [0.4, 0.5) is 0 Å². The lowest BCUT2D eigenvalue weighted by Crippen LogP contribution is -2.74. The maximum absolute atomic E-state index is 5.31. The molecule has 11 aromatic rings. The van der Waals surface area contributed by atoms with Gasteiger partial charge in [-0.2, -0.15) is 0 Å². The van der Waals surface area contributed by atoms with Gasteiger partial charge in [0.1, 0.15) is 0 Å². The molecule has 4 nitrogen and oxygen atoms in total. The SMILES string of the molecule is Cc1ccc2c(c1)c1cc(C)ccc1n2-c1ccc(-c2ccc([Si](c3ccccc3)(c3ccccc3)c3ccccc3)cc2)cc1-c1nc(-c2ccccc2)nc(-c2ccccc2)n1. The first-order chi connectivity index (χ1) is 31.5. The Labute approximate surface area is 374 Å². The van der Waals surface area contributed by atoms with Crippen molar-refractivity contribution in [3.8, 4) is 51.0 Å². The molecule has 0 aliphatic rings. The van der Waals surface area contributed by atoms with Crippen molar-refractivity contribution in [2.24, 2.45) is 0 Å². The molecule has 0 amide bonds. The summed E-state index contributed by atoms with van der Waals surface area (Å²) in [6.45, 7) is 4.33. The first-order valence-corrected chi connectivity index (χ1v) is 23.9. The summed E-state index contributed by atoms with van der Waals surface area (Å²) in [5, 5.41) is 7.81. The number of benzene rings is 9. The van der Waals surface area contributed by atoms with Gasteiger partial charge in [-0.1, -0.05) is 205 Å². The van der Waals surface area contributed by atoms with Gasteiger partial charge >= 0.3 is 0 Å². The second-order valence-electron chi connectivity index (χ2n) is 16.6. The molecule has 0 saturated heterocycles. The van der Waals surface area contributed by atoms with Gasteiger partial charge in [-0.3, -0.25) is 0 Å². The highest BCUT2D eigenvalue weighted by Crippen LogP contribution is 2.39. The number of nitrogens with zero attached hydrogens (tertiary/aromatic N) is 4. The Balaban J connectivity index is 1.15. The van der Waals surface area contributed by atoms with E-state index in [1.165, 1.54) is 42.6 Å². The summed E-state index contributed by atoms with van der Waals surface area (Å²) < 4.78 is 2.39. The molecule has 0 bridgehead atoms. The summed E-state index contributed by atoms with van der Waals surface area (Å²) in [6, 6.07) is 83.3. The number of hydrogen-bond donors (Lipinski definition) is 0. The quantitative estimate of drug-likeness (QED) is 0.107. The number of fused-ring (bicyclic) bond motifs is 3. The zero-order valence-electron chi connectivity index (χ0n) is 35.7. The highest BCUT2D eigenvalue weighted by Gasteiger charge is 2.41. The normalized spacial score (nSPS) is 11.6. The van der Waals surface area contributed by atoms with E-state index in [0.29, 0.717) is 17.5 Å². The van der Waals surface area contributed by atoms with E-state index in [4.69, 9.17) is 15.0 Å². The zero-order valence-corrected chi connectivity index (χ0v) is 36.7. The van der Waals surface area contributed by atoms with E-state index < -0.39 is 8.07 Å². The van der Waals surface area contributed by atoms with Crippen molar-refractivity contribution in [3.63, 3.8) is 0 Å². The molecule has 64 heavy (non-hydrogen) atoms. The van der Waals surface area contributed by atoms with Gasteiger partial charge in [-0.05, 0) is 82.1 Å². The summed E-state index contributed by atoms with van der Waals surface area (Å²) in [6.07, 6.45) is 0. The van der Waals surface area contributed by atoms with E-state index in [0.717, 1.165) is 44.5 Å². The summed E-state index contributed by atoms with van der Waals surface area (Å²) in [5.41, 5.74) is 10.7. The van der Waals surface area contributed by atoms with Crippen LogP contribution in [-0.2, 0) is 0 Å². The minimum atomic E-state index is -2.70. The fraction of sp³-hybridized carbons (Fsp3) is 0.0339. The van der Waals surface area contributed by atoms with Crippen molar-refractivity contribution in [1.29, 1.82) is 0 Å². The van der Waals surface area contributed by atoms with Crippen LogP contribution in [0.15, 0.2) is 231 Å². The van der Waals surface area contributed by atoms with E-state index in [1.807, 2.05) is 36.4 Å². The number of rotatable bonds is 9. The molecule has 0 aliphatic heterocycles.